The molecule has 19 heavy (non-hydrogen) atoms. The minimum atomic E-state index is -0.0369. The van der Waals surface area contributed by atoms with Crippen LogP contribution in [0.3, 0.4) is 0 Å². The number of hydrogen-bond donors (Lipinski definition) is 1. The molecule has 0 radical (unpaired) electrons. The van der Waals surface area contributed by atoms with Crippen molar-refractivity contribution in [3.63, 3.8) is 0 Å². The summed E-state index contributed by atoms with van der Waals surface area (Å²) >= 11 is 0. The molecule has 1 amide bonds. The molecule has 1 saturated heterocycles. The summed E-state index contributed by atoms with van der Waals surface area (Å²) in [4.78, 5) is 14.6. The smallest absolute Gasteiger partial charge is 0.227 e. The zero-order chi connectivity index (χ0) is 13.1. The van der Waals surface area contributed by atoms with E-state index in [1.807, 2.05) is 13.8 Å². The van der Waals surface area contributed by atoms with E-state index in [1.165, 1.54) is 44.9 Å². The molecule has 0 aromatic rings. The van der Waals surface area contributed by atoms with Gasteiger partial charge in [-0.2, -0.15) is 0 Å². The van der Waals surface area contributed by atoms with Gasteiger partial charge in [0.2, 0.25) is 5.91 Å². The Morgan fingerprint density at radius 1 is 1.11 bits per heavy atom. The predicted octanol–water partition coefficient (Wildman–Crippen LogP) is 2.96. The highest BCUT2D eigenvalue weighted by atomic mass is 35.5. The van der Waals surface area contributed by atoms with Crippen LogP contribution in [0.25, 0.3) is 0 Å². The molecule has 4 heteroatoms. The quantitative estimate of drug-likeness (QED) is 0.868. The van der Waals surface area contributed by atoms with E-state index < -0.39 is 0 Å². The van der Waals surface area contributed by atoms with Crippen LogP contribution in [0.1, 0.15) is 58.8 Å². The Kier molecular flexibility index (Phi) is 6.61. The van der Waals surface area contributed by atoms with Crippen molar-refractivity contribution < 1.29 is 4.79 Å². The average molecular weight is 289 g/mol. The van der Waals surface area contributed by atoms with Crippen molar-refractivity contribution >= 4 is 18.3 Å². The highest BCUT2D eigenvalue weighted by Crippen LogP contribution is 2.35. The molecule has 2 aliphatic rings. The third kappa shape index (κ3) is 3.85. The highest BCUT2D eigenvalue weighted by Gasteiger charge is 2.37. The third-order valence-corrected chi connectivity index (χ3v) is 4.95. The Hall–Kier alpha value is -0.280. The van der Waals surface area contributed by atoms with Gasteiger partial charge in [0.1, 0.15) is 0 Å². The average Bonchev–Trinajstić information content (AvgIpc) is 2.87. The summed E-state index contributed by atoms with van der Waals surface area (Å²) in [5, 5.41) is 0. The minimum absolute atomic E-state index is 0. The summed E-state index contributed by atoms with van der Waals surface area (Å²) in [6.07, 6.45) is 9.12. The molecule has 0 aromatic carbocycles. The van der Waals surface area contributed by atoms with Gasteiger partial charge in [0, 0.05) is 18.6 Å². The van der Waals surface area contributed by atoms with Gasteiger partial charge in [0.05, 0.1) is 5.92 Å². The zero-order valence-corrected chi connectivity index (χ0v) is 13.1. The van der Waals surface area contributed by atoms with Gasteiger partial charge in [0.25, 0.3) is 0 Å². The first-order chi connectivity index (χ1) is 8.61. The number of amides is 1. The van der Waals surface area contributed by atoms with Crippen molar-refractivity contribution in [2.24, 2.45) is 17.6 Å². The van der Waals surface area contributed by atoms with Crippen LogP contribution in [0.5, 0.6) is 0 Å². The van der Waals surface area contributed by atoms with E-state index in [2.05, 4.69) is 4.90 Å². The lowest BCUT2D eigenvalue weighted by Gasteiger charge is -2.35. The maximum atomic E-state index is 12.5. The summed E-state index contributed by atoms with van der Waals surface area (Å²) in [6.45, 7) is 4.87. The van der Waals surface area contributed by atoms with Crippen LogP contribution in [0.4, 0.5) is 0 Å². The van der Waals surface area contributed by atoms with Gasteiger partial charge in [-0.3, -0.25) is 4.79 Å². The van der Waals surface area contributed by atoms with Crippen LogP contribution >= 0.6 is 12.4 Å². The minimum Gasteiger partial charge on any atom is -0.339 e. The van der Waals surface area contributed by atoms with Crippen LogP contribution in [-0.4, -0.2) is 29.4 Å². The van der Waals surface area contributed by atoms with Gasteiger partial charge in [-0.25, -0.2) is 0 Å². The van der Waals surface area contributed by atoms with Crippen molar-refractivity contribution in [2.45, 2.75) is 70.9 Å². The van der Waals surface area contributed by atoms with E-state index >= 15 is 0 Å². The Balaban J connectivity index is 0.00000180. The summed E-state index contributed by atoms with van der Waals surface area (Å²) in [6, 6.07) is 0.476. The lowest BCUT2D eigenvalue weighted by atomic mass is 9.82. The van der Waals surface area contributed by atoms with Gasteiger partial charge in [0.15, 0.2) is 0 Å². The monoisotopic (exact) mass is 288 g/mol. The summed E-state index contributed by atoms with van der Waals surface area (Å²) in [7, 11) is 0. The van der Waals surface area contributed by atoms with Crippen LogP contribution in [0.2, 0.25) is 0 Å². The number of carbonyl (C=O) groups excluding carboxylic acids is 1. The lowest BCUT2D eigenvalue weighted by molar-refractivity contribution is -0.137. The molecule has 0 spiro atoms. The molecule has 3 atom stereocenters. The van der Waals surface area contributed by atoms with Crippen molar-refractivity contribution in [3.05, 3.63) is 0 Å². The Bertz CT molecular complexity index is 290. The van der Waals surface area contributed by atoms with E-state index in [4.69, 9.17) is 5.73 Å². The fourth-order valence-electron chi connectivity index (χ4n) is 3.56. The van der Waals surface area contributed by atoms with Gasteiger partial charge in [-0.05, 0) is 38.5 Å². The van der Waals surface area contributed by atoms with Gasteiger partial charge in [-0.15, -0.1) is 12.4 Å². The first kappa shape index (κ1) is 16.8. The first-order valence-electron chi connectivity index (χ1n) is 7.67. The molecule has 2 rings (SSSR count). The number of nitrogens with zero attached hydrogens (tertiary/aromatic N) is 1. The highest BCUT2D eigenvalue weighted by molar-refractivity contribution is 5.85. The van der Waals surface area contributed by atoms with Crippen LogP contribution in [0, 0.1) is 11.8 Å². The molecular formula is C15H29ClN2O. The van der Waals surface area contributed by atoms with Crippen molar-refractivity contribution in [1.82, 2.24) is 4.90 Å². The largest absolute Gasteiger partial charge is 0.339 e. The number of rotatable bonds is 3. The van der Waals surface area contributed by atoms with Crippen molar-refractivity contribution in [1.29, 1.82) is 0 Å². The van der Waals surface area contributed by atoms with Gasteiger partial charge >= 0.3 is 0 Å². The molecule has 1 heterocycles. The summed E-state index contributed by atoms with van der Waals surface area (Å²) < 4.78 is 0. The second-order valence-corrected chi connectivity index (χ2v) is 6.29. The molecule has 3 nitrogen and oxygen atoms in total. The van der Waals surface area contributed by atoms with Crippen molar-refractivity contribution in [2.75, 3.05) is 6.54 Å². The number of hydrogen-bond acceptors (Lipinski definition) is 2. The second-order valence-electron chi connectivity index (χ2n) is 6.29. The maximum Gasteiger partial charge on any atom is 0.227 e. The van der Waals surface area contributed by atoms with Crippen molar-refractivity contribution in [3.8, 4) is 0 Å². The fraction of sp³-hybridized carbons (Fsp3) is 0.933. The summed E-state index contributed by atoms with van der Waals surface area (Å²) in [5.41, 5.74) is 5.88. The normalized spacial score (nSPS) is 27.7. The van der Waals surface area contributed by atoms with Crippen LogP contribution < -0.4 is 5.73 Å². The van der Waals surface area contributed by atoms with E-state index in [0.717, 1.165) is 12.5 Å². The molecule has 2 N–H and O–H groups in total. The van der Waals surface area contributed by atoms with E-state index in [0.29, 0.717) is 6.04 Å². The number of carbonyl (C=O) groups is 1. The van der Waals surface area contributed by atoms with Crippen LogP contribution in [-0.2, 0) is 4.79 Å². The molecule has 0 aromatic heterocycles. The molecule has 3 unspecified atom stereocenters. The molecule has 1 saturated carbocycles. The lowest BCUT2D eigenvalue weighted by Crippen LogP contribution is -2.46. The van der Waals surface area contributed by atoms with Gasteiger partial charge in [-0.1, -0.05) is 26.2 Å². The maximum absolute atomic E-state index is 12.5. The molecule has 1 aliphatic carbocycles. The zero-order valence-electron chi connectivity index (χ0n) is 12.3. The predicted molar refractivity (Wildman–Crippen MR) is 81.4 cm³/mol. The SMILES string of the molecule is CC(N)C(C)C(=O)N1CCCC1C1CCCCC1.Cl. The first-order valence-corrected chi connectivity index (χ1v) is 7.67. The molecule has 112 valence electrons. The topological polar surface area (TPSA) is 46.3 Å². The Labute approximate surface area is 123 Å². The summed E-state index contributed by atoms with van der Waals surface area (Å²) in [5.74, 6) is 1.01. The number of nitrogens with two attached hydrogens (primary N) is 1. The molecule has 0 bridgehead atoms. The molecular weight excluding hydrogens is 260 g/mol. The second kappa shape index (κ2) is 7.49. The van der Waals surface area contributed by atoms with Crippen LogP contribution in [0.15, 0.2) is 0 Å². The number of likely N-dealkylation sites (tertiary alicyclic amines) is 1. The van der Waals surface area contributed by atoms with E-state index in [1.54, 1.807) is 0 Å². The number of halogens is 1. The fourth-order valence-corrected chi connectivity index (χ4v) is 3.56. The van der Waals surface area contributed by atoms with E-state index in [-0.39, 0.29) is 30.3 Å². The Morgan fingerprint density at radius 3 is 2.32 bits per heavy atom. The van der Waals surface area contributed by atoms with Gasteiger partial charge < -0.3 is 10.6 Å². The molecule has 2 fully saturated rings. The third-order valence-electron chi connectivity index (χ3n) is 4.95. The Morgan fingerprint density at radius 2 is 1.74 bits per heavy atom. The molecule has 1 aliphatic heterocycles. The van der Waals surface area contributed by atoms with E-state index in [9.17, 15) is 4.79 Å². The standard InChI is InChI=1S/C15H28N2O.ClH/c1-11(12(2)16)15(18)17-10-6-9-14(17)13-7-4-3-5-8-13;/h11-14H,3-10,16H2,1-2H3;1H.